The first-order valence-corrected chi connectivity index (χ1v) is 12.5. The van der Waals surface area contributed by atoms with Gasteiger partial charge in [-0.15, -0.1) is 10.2 Å². The number of hydrogen-bond donors (Lipinski definition) is 0. The van der Waals surface area contributed by atoms with E-state index < -0.39 is 9.84 Å². The molecule has 0 bridgehead atoms. The second-order valence-electron chi connectivity index (χ2n) is 7.35. The summed E-state index contributed by atoms with van der Waals surface area (Å²) in [6, 6.07) is 16.4. The topological polar surface area (TPSA) is 109 Å². The highest BCUT2D eigenvalue weighted by Crippen LogP contribution is 2.33. The SMILES string of the molecule is COc1ncnc(OC)c1-n1c(CS(=O)(=O)CCc2ccc(Cl)cc2)nnc1-c1ccccc1. The molecule has 0 radical (unpaired) electrons. The van der Waals surface area contributed by atoms with Crippen molar-refractivity contribution >= 4 is 21.4 Å². The van der Waals surface area contributed by atoms with Crippen LogP contribution in [-0.4, -0.2) is 53.1 Å². The zero-order chi connectivity index (χ0) is 24.1. The maximum Gasteiger partial charge on any atom is 0.245 e. The average Bonchev–Trinajstić information content (AvgIpc) is 3.25. The van der Waals surface area contributed by atoms with Crippen LogP contribution in [0.25, 0.3) is 17.1 Å². The molecule has 0 aliphatic carbocycles. The van der Waals surface area contributed by atoms with Gasteiger partial charge in [0.2, 0.25) is 11.8 Å². The summed E-state index contributed by atoms with van der Waals surface area (Å²) < 4.78 is 38.6. The lowest BCUT2D eigenvalue weighted by atomic mass is 10.2. The number of ether oxygens (including phenoxy) is 2. The van der Waals surface area contributed by atoms with Gasteiger partial charge in [-0.05, 0) is 24.1 Å². The third-order valence-corrected chi connectivity index (χ3v) is 6.87. The molecule has 4 aromatic rings. The fourth-order valence-electron chi connectivity index (χ4n) is 3.45. The highest BCUT2D eigenvalue weighted by molar-refractivity contribution is 7.90. The molecule has 9 nitrogen and oxygen atoms in total. The van der Waals surface area contributed by atoms with Crippen molar-refractivity contribution in [3.63, 3.8) is 0 Å². The lowest BCUT2D eigenvalue weighted by molar-refractivity contribution is 0.368. The standard InChI is InChI=1S/C23H22ClN5O4S/c1-32-22-20(23(33-2)26-15-25-22)29-19(27-28-21(29)17-6-4-3-5-7-17)14-34(30,31)13-12-16-8-10-18(24)11-9-16/h3-11,15H,12-14H2,1-2H3. The molecule has 2 aromatic carbocycles. The van der Waals surface area contributed by atoms with E-state index in [2.05, 4.69) is 20.2 Å². The Morgan fingerprint density at radius 3 is 2.18 bits per heavy atom. The van der Waals surface area contributed by atoms with Crippen molar-refractivity contribution in [3.8, 4) is 28.8 Å². The van der Waals surface area contributed by atoms with Gasteiger partial charge in [-0.1, -0.05) is 54.1 Å². The summed E-state index contributed by atoms with van der Waals surface area (Å²) in [5, 5.41) is 9.11. The highest BCUT2D eigenvalue weighted by Gasteiger charge is 2.26. The van der Waals surface area contributed by atoms with Crippen molar-refractivity contribution in [2.75, 3.05) is 20.0 Å². The first-order valence-electron chi connectivity index (χ1n) is 10.3. The Morgan fingerprint density at radius 1 is 0.912 bits per heavy atom. The Labute approximate surface area is 202 Å². The molecule has 0 amide bonds. The van der Waals surface area contributed by atoms with Crippen LogP contribution < -0.4 is 9.47 Å². The molecule has 4 rings (SSSR count). The maximum absolute atomic E-state index is 13.1. The molecule has 0 N–H and O–H groups in total. The van der Waals surface area contributed by atoms with Gasteiger partial charge in [-0.3, -0.25) is 4.57 Å². The van der Waals surface area contributed by atoms with Gasteiger partial charge in [-0.25, -0.2) is 8.42 Å². The van der Waals surface area contributed by atoms with Crippen LogP contribution in [0.3, 0.4) is 0 Å². The molecular weight excluding hydrogens is 478 g/mol. The highest BCUT2D eigenvalue weighted by atomic mass is 35.5. The van der Waals surface area contributed by atoms with Crippen molar-refractivity contribution in [2.24, 2.45) is 0 Å². The molecule has 0 fully saturated rings. The minimum Gasteiger partial charge on any atom is -0.479 e. The zero-order valence-electron chi connectivity index (χ0n) is 18.6. The second kappa shape index (κ2) is 10.2. The van der Waals surface area contributed by atoms with Gasteiger partial charge < -0.3 is 9.47 Å². The molecule has 2 aromatic heterocycles. The monoisotopic (exact) mass is 499 g/mol. The van der Waals surface area contributed by atoms with E-state index in [9.17, 15) is 8.42 Å². The third-order valence-electron chi connectivity index (χ3n) is 5.09. The largest absolute Gasteiger partial charge is 0.479 e. The van der Waals surface area contributed by atoms with Crippen LogP contribution >= 0.6 is 11.6 Å². The second-order valence-corrected chi connectivity index (χ2v) is 9.97. The van der Waals surface area contributed by atoms with E-state index in [0.29, 0.717) is 23.0 Å². The van der Waals surface area contributed by atoms with Gasteiger partial charge in [0.05, 0.1) is 20.0 Å². The molecule has 34 heavy (non-hydrogen) atoms. The molecular formula is C23H22ClN5O4S. The van der Waals surface area contributed by atoms with E-state index in [1.54, 1.807) is 16.7 Å². The molecule has 0 atom stereocenters. The zero-order valence-corrected chi connectivity index (χ0v) is 20.1. The average molecular weight is 500 g/mol. The van der Waals surface area contributed by atoms with Crippen molar-refractivity contribution in [1.29, 1.82) is 0 Å². The minimum absolute atomic E-state index is 0.0677. The molecule has 0 saturated carbocycles. The van der Waals surface area contributed by atoms with E-state index in [4.69, 9.17) is 21.1 Å². The van der Waals surface area contributed by atoms with Crippen LogP contribution in [0.5, 0.6) is 11.8 Å². The van der Waals surface area contributed by atoms with Crippen LogP contribution in [0.15, 0.2) is 60.9 Å². The molecule has 0 saturated heterocycles. The van der Waals surface area contributed by atoms with E-state index in [1.165, 1.54) is 20.5 Å². The van der Waals surface area contributed by atoms with Gasteiger partial charge in [0.15, 0.2) is 27.2 Å². The van der Waals surface area contributed by atoms with Crippen molar-refractivity contribution in [3.05, 3.63) is 77.3 Å². The maximum atomic E-state index is 13.1. The van der Waals surface area contributed by atoms with Gasteiger partial charge in [0.1, 0.15) is 12.1 Å². The smallest absolute Gasteiger partial charge is 0.245 e. The number of methoxy groups -OCH3 is 2. The van der Waals surface area contributed by atoms with E-state index in [-0.39, 0.29) is 29.1 Å². The molecule has 0 aliphatic rings. The van der Waals surface area contributed by atoms with Crippen LogP contribution in [0.4, 0.5) is 0 Å². The number of hydrogen-bond acceptors (Lipinski definition) is 8. The summed E-state index contributed by atoms with van der Waals surface area (Å²) in [6.45, 7) is 0. The molecule has 0 unspecified atom stereocenters. The lowest BCUT2D eigenvalue weighted by Crippen LogP contribution is -2.16. The Balaban J connectivity index is 1.75. The van der Waals surface area contributed by atoms with Crippen molar-refractivity contribution in [1.82, 2.24) is 24.7 Å². The number of benzene rings is 2. The summed E-state index contributed by atoms with van der Waals surface area (Å²) in [6.07, 6.45) is 1.65. The van der Waals surface area contributed by atoms with E-state index >= 15 is 0 Å². The lowest BCUT2D eigenvalue weighted by Gasteiger charge is -2.15. The number of halogens is 1. The van der Waals surface area contributed by atoms with Gasteiger partial charge in [0.25, 0.3) is 0 Å². The number of aryl methyl sites for hydroxylation is 1. The predicted molar refractivity (Wildman–Crippen MR) is 128 cm³/mol. The predicted octanol–water partition coefficient (Wildman–Crippen LogP) is 3.55. The fraction of sp³-hybridized carbons (Fsp3) is 0.217. The summed E-state index contributed by atoms with van der Waals surface area (Å²) in [5.41, 5.74) is 1.92. The van der Waals surface area contributed by atoms with E-state index in [1.807, 2.05) is 42.5 Å². The molecule has 0 spiro atoms. The quantitative estimate of drug-likeness (QED) is 0.344. The molecule has 2 heterocycles. The summed E-state index contributed by atoms with van der Waals surface area (Å²) in [4.78, 5) is 8.33. The third kappa shape index (κ3) is 5.18. The Bertz CT molecular complexity index is 1350. The molecule has 0 aliphatic heterocycles. The molecule has 176 valence electrons. The van der Waals surface area contributed by atoms with Crippen molar-refractivity contribution in [2.45, 2.75) is 12.2 Å². The van der Waals surface area contributed by atoms with E-state index in [0.717, 1.165) is 11.1 Å². The molecule has 11 heteroatoms. The van der Waals surface area contributed by atoms with Gasteiger partial charge >= 0.3 is 0 Å². The Morgan fingerprint density at radius 2 is 1.56 bits per heavy atom. The van der Waals surface area contributed by atoms with Crippen molar-refractivity contribution < 1.29 is 17.9 Å². The Kier molecular flexibility index (Phi) is 7.09. The number of nitrogens with zero attached hydrogens (tertiary/aromatic N) is 5. The first kappa shape index (κ1) is 23.7. The van der Waals surface area contributed by atoms with Crippen LogP contribution in [0.1, 0.15) is 11.4 Å². The Hall–Kier alpha value is -3.50. The number of aromatic nitrogens is 5. The summed E-state index contributed by atoms with van der Waals surface area (Å²) in [7, 11) is -0.643. The van der Waals surface area contributed by atoms with Crippen LogP contribution in [-0.2, 0) is 22.0 Å². The number of sulfone groups is 1. The normalized spacial score (nSPS) is 11.4. The van der Waals surface area contributed by atoms with Gasteiger partial charge in [-0.2, -0.15) is 9.97 Å². The first-order chi connectivity index (χ1) is 16.4. The minimum atomic E-state index is -3.56. The van der Waals surface area contributed by atoms with Crippen LogP contribution in [0, 0.1) is 0 Å². The van der Waals surface area contributed by atoms with Gasteiger partial charge in [0, 0.05) is 10.6 Å². The summed E-state index contributed by atoms with van der Waals surface area (Å²) in [5.74, 6) is 0.590. The summed E-state index contributed by atoms with van der Waals surface area (Å²) >= 11 is 5.92. The van der Waals surface area contributed by atoms with Crippen LogP contribution in [0.2, 0.25) is 5.02 Å². The fourth-order valence-corrected chi connectivity index (χ4v) is 4.85. The number of rotatable bonds is 9.